The van der Waals surface area contributed by atoms with Crippen LogP contribution in [0.5, 0.6) is 0 Å². The zero-order valence-corrected chi connectivity index (χ0v) is 19.3. The van der Waals surface area contributed by atoms with Gasteiger partial charge in [0.2, 0.25) is 5.91 Å². The average molecular weight is 463 g/mol. The molecule has 7 heteroatoms. The van der Waals surface area contributed by atoms with Gasteiger partial charge in [-0.05, 0) is 42.0 Å². The second-order valence-electron chi connectivity index (χ2n) is 9.14. The summed E-state index contributed by atoms with van der Waals surface area (Å²) in [6.45, 7) is 2.03. The molecule has 0 spiro atoms. The van der Waals surface area contributed by atoms with Gasteiger partial charge in [0.15, 0.2) is 0 Å². The Balaban J connectivity index is 1.25. The molecule has 34 heavy (non-hydrogen) atoms. The number of carboxylic acid groups (broad SMARTS) is 1. The molecule has 1 saturated carbocycles. The van der Waals surface area contributed by atoms with Crippen molar-refractivity contribution in [2.24, 2.45) is 5.41 Å². The lowest BCUT2D eigenvalue weighted by atomic mass is 9.71. The quantitative estimate of drug-likeness (QED) is 0.534. The molecule has 2 aromatic rings. The van der Waals surface area contributed by atoms with Gasteiger partial charge in [0, 0.05) is 24.6 Å². The maximum Gasteiger partial charge on any atom is 0.407 e. The first-order chi connectivity index (χ1) is 16.4. The first-order valence-corrected chi connectivity index (χ1v) is 11.7. The monoisotopic (exact) mass is 462 g/mol. The number of rotatable bonds is 7. The number of ether oxygens (including phenoxy) is 1. The standard InChI is InChI=1S/C27H30N2O5/c1-27(25(31)32)15-7-6-13-23(27)29-24(30)14-8-16-28-26(33)34-17-22-20-11-4-2-9-18(20)19-10-3-5-12-21(19)22/h2-5,8-12,14,22-23H,6-7,13,15-17H2,1H3,(H,28,33)(H,29,30)(H,31,32)/b14-8+. The van der Waals surface area contributed by atoms with Crippen LogP contribution in [0.1, 0.15) is 49.7 Å². The molecule has 2 atom stereocenters. The Morgan fingerprint density at radius 1 is 1.06 bits per heavy atom. The highest BCUT2D eigenvalue weighted by molar-refractivity contribution is 5.88. The number of carbonyl (C=O) groups is 3. The van der Waals surface area contributed by atoms with E-state index < -0.39 is 23.5 Å². The summed E-state index contributed by atoms with van der Waals surface area (Å²) in [5, 5.41) is 15.0. The van der Waals surface area contributed by atoms with Crippen LogP contribution in [0.15, 0.2) is 60.7 Å². The van der Waals surface area contributed by atoms with E-state index >= 15 is 0 Å². The molecule has 0 heterocycles. The third-order valence-electron chi connectivity index (χ3n) is 6.99. The van der Waals surface area contributed by atoms with Crippen LogP contribution in [0.4, 0.5) is 4.79 Å². The number of aliphatic carboxylic acids is 1. The van der Waals surface area contributed by atoms with E-state index in [2.05, 4.69) is 34.9 Å². The number of hydrogen-bond donors (Lipinski definition) is 3. The van der Waals surface area contributed by atoms with Crippen LogP contribution in [0, 0.1) is 5.41 Å². The number of benzene rings is 2. The largest absolute Gasteiger partial charge is 0.481 e. The zero-order valence-electron chi connectivity index (χ0n) is 19.3. The Bertz CT molecular complexity index is 1070. The van der Waals surface area contributed by atoms with Gasteiger partial charge in [-0.15, -0.1) is 0 Å². The minimum Gasteiger partial charge on any atom is -0.481 e. The SMILES string of the molecule is CC1(C(=O)O)CCCCC1NC(=O)/C=C/CNC(=O)OCC1c2ccccc2-c2ccccc21. The Hall–Kier alpha value is -3.61. The van der Waals surface area contributed by atoms with Crippen molar-refractivity contribution >= 4 is 18.0 Å². The Morgan fingerprint density at radius 3 is 2.35 bits per heavy atom. The fourth-order valence-electron chi connectivity index (χ4n) is 5.00. The summed E-state index contributed by atoms with van der Waals surface area (Å²) < 4.78 is 5.47. The molecule has 3 N–H and O–H groups in total. The fourth-order valence-corrected chi connectivity index (χ4v) is 5.00. The van der Waals surface area contributed by atoms with Gasteiger partial charge in [-0.3, -0.25) is 9.59 Å². The molecule has 0 saturated heterocycles. The highest BCUT2D eigenvalue weighted by atomic mass is 16.5. The summed E-state index contributed by atoms with van der Waals surface area (Å²) in [6.07, 6.45) is 5.20. The summed E-state index contributed by atoms with van der Waals surface area (Å²) in [5.41, 5.74) is 3.66. The second kappa shape index (κ2) is 10.1. The van der Waals surface area contributed by atoms with Crippen LogP contribution in [-0.2, 0) is 14.3 Å². The summed E-state index contributed by atoms with van der Waals surface area (Å²) in [4.78, 5) is 36.1. The lowest BCUT2D eigenvalue weighted by molar-refractivity contribution is -0.151. The second-order valence-corrected chi connectivity index (χ2v) is 9.14. The predicted octanol–water partition coefficient (Wildman–Crippen LogP) is 4.23. The average Bonchev–Trinajstić information content (AvgIpc) is 3.16. The lowest BCUT2D eigenvalue weighted by Crippen LogP contribution is -2.51. The van der Waals surface area contributed by atoms with E-state index in [0.717, 1.165) is 35.1 Å². The number of nitrogens with one attached hydrogen (secondary N) is 2. The third kappa shape index (κ3) is 4.83. The molecule has 0 radical (unpaired) electrons. The normalized spacial score (nSPS) is 21.5. The molecule has 0 aliphatic heterocycles. The van der Waals surface area contributed by atoms with Gasteiger partial charge in [0.1, 0.15) is 6.61 Å². The first kappa shape index (κ1) is 23.5. The van der Waals surface area contributed by atoms with Crippen LogP contribution in [0.2, 0.25) is 0 Å². The van der Waals surface area contributed by atoms with E-state index in [1.165, 1.54) is 12.2 Å². The summed E-state index contributed by atoms with van der Waals surface area (Å²) >= 11 is 0. The van der Waals surface area contributed by atoms with Crippen LogP contribution in [-0.4, -0.2) is 42.3 Å². The van der Waals surface area contributed by atoms with Gasteiger partial charge in [0.25, 0.3) is 0 Å². The molecular formula is C27H30N2O5. The molecule has 4 rings (SSSR count). The molecule has 2 aromatic carbocycles. The fraction of sp³-hybridized carbons (Fsp3) is 0.370. The number of fused-ring (bicyclic) bond motifs is 3. The number of carboxylic acids is 1. The van der Waals surface area contributed by atoms with Crippen molar-refractivity contribution in [2.75, 3.05) is 13.2 Å². The minimum absolute atomic E-state index is 0.0153. The molecule has 1 fully saturated rings. The van der Waals surface area contributed by atoms with Crippen molar-refractivity contribution in [3.8, 4) is 11.1 Å². The molecule has 178 valence electrons. The van der Waals surface area contributed by atoms with E-state index in [1.807, 2.05) is 24.3 Å². The van der Waals surface area contributed by atoms with Gasteiger partial charge in [-0.25, -0.2) is 4.79 Å². The minimum atomic E-state index is -0.957. The van der Waals surface area contributed by atoms with Crippen LogP contribution in [0.3, 0.4) is 0 Å². The van der Waals surface area contributed by atoms with Crippen molar-refractivity contribution in [3.05, 3.63) is 71.8 Å². The molecule has 0 bridgehead atoms. The van der Waals surface area contributed by atoms with Gasteiger partial charge in [-0.1, -0.05) is 67.4 Å². The third-order valence-corrected chi connectivity index (χ3v) is 6.99. The number of carbonyl (C=O) groups excluding carboxylic acids is 2. The highest BCUT2D eigenvalue weighted by Gasteiger charge is 2.43. The first-order valence-electron chi connectivity index (χ1n) is 11.7. The number of hydrogen-bond acceptors (Lipinski definition) is 4. The smallest absolute Gasteiger partial charge is 0.407 e. The van der Waals surface area contributed by atoms with Gasteiger partial charge in [0.05, 0.1) is 5.41 Å². The van der Waals surface area contributed by atoms with E-state index in [1.54, 1.807) is 6.92 Å². The summed E-state index contributed by atoms with van der Waals surface area (Å²) in [5.74, 6) is -1.27. The molecule has 7 nitrogen and oxygen atoms in total. The van der Waals surface area contributed by atoms with Gasteiger partial charge in [-0.2, -0.15) is 0 Å². The number of alkyl carbamates (subject to hydrolysis) is 1. The van der Waals surface area contributed by atoms with E-state index in [4.69, 9.17) is 4.74 Å². The van der Waals surface area contributed by atoms with E-state index in [0.29, 0.717) is 12.8 Å². The van der Waals surface area contributed by atoms with Crippen molar-refractivity contribution in [1.82, 2.24) is 10.6 Å². The molecule has 2 amide bonds. The van der Waals surface area contributed by atoms with E-state index in [9.17, 15) is 19.5 Å². The van der Waals surface area contributed by atoms with Gasteiger partial charge < -0.3 is 20.5 Å². The summed E-state index contributed by atoms with van der Waals surface area (Å²) in [6, 6.07) is 15.8. The molecule has 2 unspecified atom stereocenters. The zero-order chi connectivity index (χ0) is 24.1. The van der Waals surface area contributed by atoms with Crippen LogP contribution < -0.4 is 10.6 Å². The Morgan fingerprint density at radius 2 is 1.71 bits per heavy atom. The van der Waals surface area contributed by atoms with Crippen LogP contribution in [0.25, 0.3) is 11.1 Å². The molecule has 2 aliphatic carbocycles. The maximum absolute atomic E-state index is 12.3. The molecular weight excluding hydrogens is 432 g/mol. The number of amides is 2. The Labute approximate surface area is 199 Å². The van der Waals surface area contributed by atoms with Crippen molar-refractivity contribution in [2.45, 2.75) is 44.6 Å². The van der Waals surface area contributed by atoms with Crippen LogP contribution >= 0.6 is 0 Å². The summed E-state index contributed by atoms with van der Waals surface area (Å²) in [7, 11) is 0. The van der Waals surface area contributed by atoms with Crippen molar-refractivity contribution in [1.29, 1.82) is 0 Å². The van der Waals surface area contributed by atoms with Crippen molar-refractivity contribution in [3.63, 3.8) is 0 Å². The maximum atomic E-state index is 12.3. The highest BCUT2D eigenvalue weighted by Crippen LogP contribution is 2.44. The molecule has 2 aliphatic rings. The van der Waals surface area contributed by atoms with Gasteiger partial charge >= 0.3 is 12.1 Å². The molecule has 0 aromatic heterocycles. The Kier molecular flexibility index (Phi) is 7.01. The predicted molar refractivity (Wildman–Crippen MR) is 128 cm³/mol. The lowest BCUT2D eigenvalue weighted by Gasteiger charge is -2.38. The topological polar surface area (TPSA) is 105 Å². The van der Waals surface area contributed by atoms with E-state index in [-0.39, 0.29) is 25.0 Å². The van der Waals surface area contributed by atoms with Crippen molar-refractivity contribution < 1.29 is 24.2 Å².